The van der Waals surface area contributed by atoms with E-state index >= 15 is 0 Å². The van der Waals surface area contributed by atoms with E-state index in [0.717, 1.165) is 32.4 Å². The Morgan fingerprint density at radius 2 is 1.43 bits per heavy atom. The van der Waals surface area contributed by atoms with Gasteiger partial charge < -0.3 is 5.11 Å². The third-order valence-corrected chi connectivity index (χ3v) is 5.03. The minimum absolute atomic E-state index is 0.219. The zero-order valence-electron chi connectivity index (χ0n) is 14.0. The van der Waals surface area contributed by atoms with Crippen LogP contribution < -0.4 is 0 Å². The van der Waals surface area contributed by atoms with Crippen LogP contribution >= 0.6 is 0 Å². The van der Waals surface area contributed by atoms with Gasteiger partial charge in [0.05, 0.1) is 5.60 Å². The highest BCUT2D eigenvalue weighted by atomic mass is 16.3. The predicted octanol–water partition coefficient (Wildman–Crippen LogP) is 4.38. The van der Waals surface area contributed by atoms with Crippen LogP contribution in [0.4, 0.5) is 0 Å². The van der Waals surface area contributed by atoms with E-state index in [9.17, 15) is 5.11 Å². The van der Waals surface area contributed by atoms with Crippen LogP contribution in [-0.2, 0) is 13.1 Å². The maximum absolute atomic E-state index is 10.9. The van der Waals surface area contributed by atoms with Gasteiger partial charge in [-0.15, -0.1) is 0 Å². The van der Waals surface area contributed by atoms with Crippen LogP contribution in [0.15, 0.2) is 60.7 Å². The van der Waals surface area contributed by atoms with E-state index in [1.807, 2.05) is 6.92 Å². The Morgan fingerprint density at radius 1 is 0.913 bits per heavy atom. The molecule has 0 aromatic heterocycles. The highest BCUT2D eigenvalue weighted by molar-refractivity contribution is 5.18. The molecule has 3 rings (SSSR count). The fourth-order valence-corrected chi connectivity index (χ4v) is 3.79. The lowest BCUT2D eigenvalue weighted by Gasteiger charge is -2.44. The monoisotopic (exact) mass is 309 g/mol. The molecule has 2 aromatic carbocycles. The maximum atomic E-state index is 10.9. The predicted molar refractivity (Wildman–Crippen MR) is 95.0 cm³/mol. The minimum atomic E-state index is -0.595. The van der Waals surface area contributed by atoms with E-state index in [1.54, 1.807) is 0 Å². The molecule has 0 radical (unpaired) electrons. The van der Waals surface area contributed by atoms with E-state index in [4.69, 9.17) is 0 Å². The molecule has 1 saturated carbocycles. The standard InChI is InChI=1S/C21H27NO/c1-21(23)15-9-8-14-20(21)22(16-18-10-4-2-5-11-18)17-19-12-6-3-7-13-19/h2-7,10-13,20,23H,8-9,14-17H2,1H3. The lowest BCUT2D eigenvalue weighted by atomic mass is 9.80. The van der Waals surface area contributed by atoms with Gasteiger partial charge in [-0.25, -0.2) is 0 Å². The van der Waals surface area contributed by atoms with Crippen molar-refractivity contribution in [3.8, 4) is 0 Å². The summed E-state index contributed by atoms with van der Waals surface area (Å²) in [6, 6.07) is 21.4. The molecule has 2 aromatic rings. The first-order chi connectivity index (χ1) is 11.1. The van der Waals surface area contributed by atoms with Gasteiger partial charge in [0.2, 0.25) is 0 Å². The molecule has 0 heterocycles. The van der Waals surface area contributed by atoms with Crippen LogP contribution in [0.2, 0.25) is 0 Å². The molecule has 2 atom stereocenters. The molecule has 1 aliphatic rings. The first kappa shape index (κ1) is 16.2. The van der Waals surface area contributed by atoms with Crippen molar-refractivity contribution in [3.05, 3.63) is 71.8 Å². The van der Waals surface area contributed by atoms with Gasteiger partial charge >= 0.3 is 0 Å². The summed E-state index contributed by atoms with van der Waals surface area (Å²) in [5.41, 5.74) is 2.02. The van der Waals surface area contributed by atoms with Crippen molar-refractivity contribution in [2.75, 3.05) is 0 Å². The zero-order valence-corrected chi connectivity index (χ0v) is 14.0. The topological polar surface area (TPSA) is 23.5 Å². The van der Waals surface area contributed by atoms with Crippen molar-refractivity contribution in [2.24, 2.45) is 0 Å². The first-order valence-electron chi connectivity index (χ1n) is 8.69. The molecule has 1 fully saturated rings. The average Bonchev–Trinajstić information content (AvgIpc) is 2.56. The Balaban J connectivity index is 1.83. The lowest BCUT2D eigenvalue weighted by molar-refractivity contribution is -0.0661. The van der Waals surface area contributed by atoms with Crippen molar-refractivity contribution in [3.63, 3.8) is 0 Å². The second kappa shape index (κ2) is 7.29. The van der Waals surface area contributed by atoms with Gasteiger partial charge in [0, 0.05) is 19.1 Å². The summed E-state index contributed by atoms with van der Waals surface area (Å²) in [6.07, 6.45) is 4.32. The summed E-state index contributed by atoms with van der Waals surface area (Å²) in [7, 11) is 0. The fraction of sp³-hybridized carbons (Fsp3) is 0.429. The Kier molecular flexibility index (Phi) is 5.14. The largest absolute Gasteiger partial charge is 0.389 e. The quantitative estimate of drug-likeness (QED) is 0.886. The van der Waals surface area contributed by atoms with E-state index in [1.165, 1.54) is 17.5 Å². The second-order valence-corrected chi connectivity index (χ2v) is 6.99. The van der Waals surface area contributed by atoms with E-state index in [2.05, 4.69) is 65.6 Å². The maximum Gasteiger partial charge on any atom is 0.0774 e. The van der Waals surface area contributed by atoms with Crippen LogP contribution in [0.1, 0.15) is 43.7 Å². The average molecular weight is 309 g/mol. The van der Waals surface area contributed by atoms with E-state index in [0.29, 0.717) is 0 Å². The van der Waals surface area contributed by atoms with Gasteiger partial charge in [-0.1, -0.05) is 73.5 Å². The Bertz CT molecular complexity index is 552. The number of hydrogen-bond donors (Lipinski definition) is 1. The summed E-state index contributed by atoms with van der Waals surface area (Å²) < 4.78 is 0. The molecule has 2 unspecified atom stereocenters. The normalized spacial score (nSPS) is 24.7. The Hall–Kier alpha value is -1.64. The molecule has 0 spiro atoms. The van der Waals surface area contributed by atoms with Crippen LogP contribution in [0.25, 0.3) is 0 Å². The number of benzene rings is 2. The van der Waals surface area contributed by atoms with Crippen molar-refractivity contribution in [1.82, 2.24) is 4.90 Å². The Morgan fingerprint density at radius 3 is 1.91 bits per heavy atom. The van der Waals surface area contributed by atoms with Crippen LogP contribution in [0, 0.1) is 0 Å². The minimum Gasteiger partial charge on any atom is -0.389 e. The van der Waals surface area contributed by atoms with Crippen LogP contribution in [-0.4, -0.2) is 21.6 Å². The summed E-state index contributed by atoms with van der Waals surface area (Å²) in [6.45, 7) is 3.78. The van der Waals surface area contributed by atoms with Crippen LogP contribution in [0.3, 0.4) is 0 Å². The number of rotatable bonds is 5. The van der Waals surface area contributed by atoms with Gasteiger partial charge in [-0.05, 0) is 30.9 Å². The zero-order chi connectivity index (χ0) is 16.1. The number of aliphatic hydroxyl groups is 1. The molecule has 23 heavy (non-hydrogen) atoms. The first-order valence-corrected chi connectivity index (χ1v) is 8.69. The third kappa shape index (κ3) is 4.21. The number of hydrogen-bond acceptors (Lipinski definition) is 2. The number of nitrogens with zero attached hydrogens (tertiary/aromatic N) is 1. The second-order valence-electron chi connectivity index (χ2n) is 6.99. The molecule has 1 aliphatic carbocycles. The van der Waals surface area contributed by atoms with Crippen molar-refractivity contribution in [1.29, 1.82) is 0 Å². The molecule has 122 valence electrons. The molecule has 0 saturated heterocycles. The van der Waals surface area contributed by atoms with Crippen molar-refractivity contribution < 1.29 is 5.11 Å². The smallest absolute Gasteiger partial charge is 0.0774 e. The highest BCUT2D eigenvalue weighted by Crippen LogP contribution is 2.33. The summed E-state index contributed by atoms with van der Waals surface area (Å²) in [5.74, 6) is 0. The molecule has 2 heteroatoms. The molecule has 2 nitrogen and oxygen atoms in total. The van der Waals surface area contributed by atoms with Gasteiger partial charge in [-0.3, -0.25) is 4.90 Å². The van der Waals surface area contributed by atoms with Gasteiger partial charge in [0.15, 0.2) is 0 Å². The molecule has 0 amide bonds. The highest BCUT2D eigenvalue weighted by Gasteiger charge is 2.38. The van der Waals surface area contributed by atoms with E-state index < -0.39 is 5.60 Å². The third-order valence-electron chi connectivity index (χ3n) is 5.03. The molecule has 0 aliphatic heterocycles. The van der Waals surface area contributed by atoms with Crippen molar-refractivity contribution >= 4 is 0 Å². The van der Waals surface area contributed by atoms with E-state index in [-0.39, 0.29) is 6.04 Å². The van der Waals surface area contributed by atoms with Gasteiger partial charge in [0.25, 0.3) is 0 Å². The van der Waals surface area contributed by atoms with Crippen LogP contribution in [0.5, 0.6) is 0 Å². The Labute approximate surface area is 139 Å². The molecule has 1 N–H and O–H groups in total. The summed E-state index contributed by atoms with van der Waals surface area (Å²) in [4.78, 5) is 2.46. The SMILES string of the molecule is CC1(O)CCCCC1N(Cc1ccccc1)Cc1ccccc1. The fourth-order valence-electron chi connectivity index (χ4n) is 3.79. The molecular formula is C21H27NO. The molecule has 0 bridgehead atoms. The summed E-state index contributed by atoms with van der Waals surface area (Å²) >= 11 is 0. The van der Waals surface area contributed by atoms with Gasteiger partial charge in [0.1, 0.15) is 0 Å². The lowest BCUT2D eigenvalue weighted by Crippen LogP contribution is -2.52. The van der Waals surface area contributed by atoms with Gasteiger partial charge in [-0.2, -0.15) is 0 Å². The summed E-state index contributed by atoms with van der Waals surface area (Å²) in [5, 5.41) is 10.9. The molecular weight excluding hydrogens is 282 g/mol. The van der Waals surface area contributed by atoms with Crippen molar-refractivity contribution in [2.45, 2.75) is 57.3 Å².